The molecule has 0 amide bonds. The molecule has 0 unspecified atom stereocenters. The molecule has 3 rings (SSSR count). The van der Waals surface area contributed by atoms with Crippen LogP contribution in [0, 0.1) is 5.82 Å². The lowest BCUT2D eigenvalue weighted by molar-refractivity contribution is 0.118. The molecule has 5 nitrogen and oxygen atoms in total. The normalized spacial score (nSPS) is 17.2. The predicted octanol–water partition coefficient (Wildman–Crippen LogP) is 3.48. The van der Waals surface area contributed by atoms with E-state index in [1.54, 1.807) is 12.1 Å². The Balaban J connectivity index is 1.53. The minimum absolute atomic E-state index is 0.136. The molecule has 1 aliphatic heterocycles. The van der Waals surface area contributed by atoms with Gasteiger partial charge < -0.3 is 4.52 Å². The molecule has 0 bridgehead atoms. The van der Waals surface area contributed by atoms with Gasteiger partial charge in [-0.3, -0.25) is 9.80 Å². The summed E-state index contributed by atoms with van der Waals surface area (Å²) in [5.74, 6) is 1.14. The van der Waals surface area contributed by atoms with E-state index >= 15 is 0 Å². The summed E-state index contributed by atoms with van der Waals surface area (Å²) in [7, 11) is 0. The molecule has 0 spiro atoms. The summed E-state index contributed by atoms with van der Waals surface area (Å²) in [6, 6.07) is 4.83. The molecule has 136 valence electrons. The van der Waals surface area contributed by atoms with Crippen molar-refractivity contribution in [1.82, 2.24) is 19.9 Å². The Morgan fingerprint density at radius 2 is 1.76 bits per heavy atom. The number of rotatable bonds is 4. The van der Waals surface area contributed by atoms with Gasteiger partial charge in [-0.05, 0) is 12.1 Å². The first kappa shape index (κ1) is 18.3. The lowest BCUT2D eigenvalue weighted by atomic mass is 9.97. The Labute approximate surface area is 152 Å². The topological polar surface area (TPSA) is 45.4 Å². The Morgan fingerprint density at radius 1 is 1.12 bits per heavy atom. The number of nitrogens with zero attached hydrogens (tertiary/aromatic N) is 4. The quantitative estimate of drug-likeness (QED) is 0.829. The van der Waals surface area contributed by atoms with Gasteiger partial charge in [0, 0.05) is 48.7 Å². The lowest BCUT2D eigenvalue weighted by Crippen LogP contribution is -2.45. The van der Waals surface area contributed by atoms with Crippen molar-refractivity contribution in [3.63, 3.8) is 0 Å². The second-order valence-corrected chi connectivity index (χ2v) is 7.93. The minimum atomic E-state index is -0.239. The second kappa shape index (κ2) is 7.40. The third kappa shape index (κ3) is 4.57. The number of halogens is 2. The Kier molecular flexibility index (Phi) is 5.41. The van der Waals surface area contributed by atoms with Crippen LogP contribution in [-0.4, -0.2) is 46.1 Å². The van der Waals surface area contributed by atoms with Crippen molar-refractivity contribution in [2.75, 3.05) is 26.2 Å². The van der Waals surface area contributed by atoms with Gasteiger partial charge >= 0.3 is 0 Å². The maximum absolute atomic E-state index is 13.9. The summed E-state index contributed by atoms with van der Waals surface area (Å²) in [5, 5.41) is 4.57. The van der Waals surface area contributed by atoms with E-state index in [-0.39, 0.29) is 11.2 Å². The minimum Gasteiger partial charge on any atom is -0.339 e. The lowest BCUT2D eigenvalue weighted by Gasteiger charge is -2.34. The van der Waals surface area contributed by atoms with Gasteiger partial charge in [-0.1, -0.05) is 43.6 Å². The van der Waals surface area contributed by atoms with Crippen LogP contribution >= 0.6 is 11.6 Å². The van der Waals surface area contributed by atoms with E-state index < -0.39 is 0 Å². The van der Waals surface area contributed by atoms with E-state index in [2.05, 4.69) is 40.7 Å². The first-order valence-corrected chi connectivity index (χ1v) is 8.91. The molecule has 2 heterocycles. The van der Waals surface area contributed by atoms with E-state index in [1.165, 1.54) is 6.07 Å². The molecule has 0 N–H and O–H groups in total. The van der Waals surface area contributed by atoms with E-state index in [9.17, 15) is 4.39 Å². The highest BCUT2D eigenvalue weighted by atomic mass is 35.5. The van der Waals surface area contributed by atoms with Crippen LogP contribution in [0.4, 0.5) is 4.39 Å². The van der Waals surface area contributed by atoms with Gasteiger partial charge in [-0.15, -0.1) is 0 Å². The van der Waals surface area contributed by atoms with Crippen LogP contribution in [-0.2, 0) is 18.5 Å². The number of aromatic nitrogens is 2. The van der Waals surface area contributed by atoms with Crippen LogP contribution in [0.1, 0.15) is 38.0 Å². The van der Waals surface area contributed by atoms with Crippen molar-refractivity contribution >= 4 is 11.6 Å². The predicted molar refractivity (Wildman–Crippen MR) is 95.0 cm³/mol. The zero-order chi connectivity index (χ0) is 18.0. The molecule has 1 fully saturated rings. The van der Waals surface area contributed by atoms with Crippen LogP contribution in [0.5, 0.6) is 0 Å². The zero-order valence-electron chi connectivity index (χ0n) is 14.9. The molecule has 1 saturated heterocycles. The van der Waals surface area contributed by atoms with Crippen LogP contribution in [0.2, 0.25) is 5.02 Å². The molecule has 0 aliphatic carbocycles. The summed E-state index contributed by atoms with van der Waals surface area (Å²) in [4.78, 5) is 8.99. The molecule has 0 radical (unpaired) electrons. The highest BCUT2D eigenvalue weighted by Crippen LogP contribution is 2.22. The Morgan fingerprint density at radius 3 is 2.32 bits per heavy atom. The van der Waals surface area contributed by atoms with Crippen LogP contribution < -0.4 is 0 Å². The third-order valence-electron chi connectivity index (χ3n) is 4.38. The number of hydrogen-bond donors (Lipinski definition) is 0. The SMILES string of the molecule is CC(C)(C)c1nc(CN2CCN(Cc3c(F)cccc3Cl)CC2)no1. The summed E-state index contributed by atoms with van der Waals surface area (Å²) >= 11 is 6.12. The van der Waals surface area contributed by atoms with Gasteiger partial charge in [0.1, 0.15) is 5.82 Å². The van der Waals surface area contributed by atoms with Crippen molar-refractivity contribution in [2.45, 2.75) is 39.3 Å². The molecule has 0 saturated carbocycles. The summed E-state index contributed by atoms with van der Waals surface area (Å²) in [6.45, 7) is 10.8. The highest BCUT2D eigenvalue weighted by Gasteiger charge is 2.24. The standard InChI is InChI=1S/C18H24ClFN4O/c1-18(2,3)17-21-16(22-25-17)12-24-9-7-23(8-10-24)11-13-14(19)5-4-6-15(13)20/h4-6H,7-12H2,1-3H3. The highest BCUT2D eigenvalue weighted by molar-refractivity contribution is 6.31. The molecule has 25 heavy (non-hydrogen) atoms. The van der Waals surface area contributed by atoms with Crippen LogP contribution in [0.3, 0.4) is 0 Å². The molecular formula is C18H24ClFN4O. The fraction of sp³-hybridized carbons (Fsp3) is 0.556. The summed E-state index contributed by atoms with van der Waals surface area (Å²) in [5.41, 5.74) is 0.439. The average Bonchev–Trinajstić information content (AvgIpc) is 3.01. The van der Waals surface area contributed by atoms with Gasteiger partial charge in [0.15, 0.2) is 5.82 Å². The molecule has 0 atom stereocenters. The second-order valence-electron chi connectivity index (χ2n) is 7.52. The summed E-state index contributed by atoms with van der Waals surface area (Å²) in [6.07, 6.45) is 0. The summed E-state index contributed by atoms with van der Waals surface area (Å²) < 4.78 is 19.3. The first-order valence-electron chi connectivity index (χ1n) is 8.53. The first-order chi connectivity index (χ1) is 11.8. The third-order valence-corrected chi connectivity index (χ3v) is 4.74. The average molecular weight is 367 g/mol. The van der Waals surface area contributed by atoms with E-state index in [0.717, 1.165) is 32.0 Å². The number of piperazine rings is 1. The zero-order valence-corrected chi connectivity index (χ0v) is 15.7. The maximum Gasteiger partial charge on any atom is 0.232 e. The fourth-order valence-corrected chi connectivity index (χ4v) is 3.06. The molecule has 1 aliphatic rings. The van der Waals surface area contributed by atoms with Crippen molar-refractivity contribution < 1.29 is 8.91 Å². The van der Waals surface area contributed by atoms with Crippen molar-refractivity contribution in [3.8, 4) is 0 Å². The van der Waals surface area contributed by atoms with E-state index in [1.807, 2.05) is 0 Å². The van der Waals surface area contributed by atoms with Gasteiger partial charge in [0.05, 0.1) is 6.54 Å². The van der Waals surface area contributed by atoms with Gasteiger partial charge in [-0.25, -0.2) is 4.39 Å². The van der Waals surface area contributed by atoms with E-state index in [0.29, 0.717) is 29.6 Å². The largest absolute Gasteiger partial charge is 0.339 e. The molecule has 1 aromatic carbocycles. The van der Waals surface area contributed by atoms with Crippen LogP contribution in [0.25, 0.3) is 0 Å². The van der Waals surface area contributed by atoms with Gasteiger partial charge in [0.25, 0.3) is 0 Å². The maximum atomic E-state index is 13.9. The van der Waals surface area contributed by atoms with Gasteiger partial charge in [-0.2, -0.15) is 4.98 Å². The van der Waals surface area contributed by atoms with Crippen molar-refractivity contribution in [1.29, 1.82) is 0 Å². The smallest absolute Gasteiger partial charge is 0.232 e. The van der Waals surface area contributed by atoms with E-state index in [4.69, 9.17) is 16.1 Å². The number of hydrogen-bond acceptors (Lipinski definition) is 5. The fourth-order valence-electron chi connectivity index (χ4n) is 2.84. The van der Waals surface area contributed by atoms with Gasteiger partial charge in [0.2, 0.25) is 5.89 Å². The molecule has 1 aromatic heterocycles. The Hall–Kier alpha value is -1.50. The number of benzene rings is 1. The molecular weight excluding hydrogens is 343 g/mol. The monoisotopic (exact) mass is 366 g/mol. The molecule has 2 aromatic rings. The van der Waals surface area contributed by atoms with Crippen molar-refractivity contribution in [2.24, 2.45) is 0 Å². The Bertz CT molecular complexity index is 700. The van der Waals surface area contributed by atoms with Crippen molar-refractivity contribution in [3.05, 3.63) is 46.3 Å². The van der Waals surface area contributed by atoms with Crippen LogP contribution in [0.15, 0.2) is 22.7 Å². The molecule has 7 heteroatoms.